The molecule has 3 rings (SSSR count). The Hall–Kier alpha value is -3.11. The average Bonchev–Trinajstić information content (AvgIpc) is 2.73. The summed E-state index contributed by atoms with van der Waals surface area (Å²) in [4.78, 5) is 12.5. The fourth-order valence-corrected chi connectivity index (χ4v) is 2.96. The Morgan fingerprint density at radius 3 is 2.11 bits per heavy atom. The van der Waals surface area contributed by atoms with Gasteiger partial charge in [0.15, 0.2) is 0 Å². The molecule has 27 heavy (non-hydrogen) atoms. The fraction of sp³-hybridized carbons (Fsp3) is 0.174. The molecule has 4 nitrogen and oxygen atoms in total. The van der Waals surface area contributed by atoms with Gasteiger partial charge in [-0.2, -0.15) is 0 Å². The van der Waals surface area contributed by atoms with Crippen LogP contribution in [0.25, 0.3) is 0 Å². The number of rotatable bonds is 8. The molecule has 2 N–H and O–H groups in total. The van der Waals surface area contributed by atoms with E-state index in [4.69, 9.17) is 4.74 Å². The lowest BCUT2D eigenvalue weighted by molar-refractivity contribution is -0.120. The zero-order chi connectivity index (χ0) is 18.9. The third-order valence-corrected chi connectivity index (χ3v) is 4.32. The minimum Gasteiger partial charge on any atom is -0.497 e. The molecule has 0 spiro atoms. The first-order valence-electron chi connectivity index (χ1n) is 8.99. The van der Waals surface area contributed by atoms with E-state index >= 15 is 0 Å². The molecule has 0 aromatic heterocycles. The largest absolute Gasteiger partial charge is 0.497 e. The smallest absolute Gasteiger partial charge is 0.234 e. The van der Waals surface area contributed by atoms with Crippen LogP contribution in [0.5, 0.6) is 5.75 Å². The van der Waals surface area contributed by atoms with E-state index in [1.807, 2.05) is 84.9 Å². The Bertz CT molecular complexity index is 811. The summed E-state index contributed by atoms with van der Waals surface area (Å²) < 4.78 is 5.23. The summed E-state index contributed by atoms with van der Waals surface area (Å²) in [6, 6.07) is 27.6. The van der Waals surface area contributed by atoms with Gasteiger partial charge < -0.3 is 15.4 Å². The second kappa shape index (κ2) is 9.55. The first-order valence-corrected chi connectivity index (χ1v) is 8.99. The second-order valence-corrected chi connectivity index (χ2v) is 6.28. The van der Waals surface area contributed by atoms with Crippen LogP contribution in [0.2, 0.25) is 0 Å². The van der Waals surface area contributed by atoms with Crippen molar-refractivity contribution in [2.24, 2.45) is 0 Å². The van der Waals surface area contributed by atoms with Gasteiger partial charge in [0, 0.05) is 6.54 Å². The molecule has 3 aromatic rings. The van der Waals surface area contributed by atoms with Crippen molar-refractivity contribution in [3.05, 3.63) is 102 Å². The maximum Gasteiger partial charge on any atom is 0.234 e. The predicted molar refractivity (Wildman–Crippen MR) is 108 cm³/mol. The molecule has 0 aliphatic carbocycles. The van der Waals surface area contributed by atoms with Crippen LogP contribution in [-0.4, -0.2) is 19.6 Å². The summed E-state index contributed by atoms with van der Waals surface area (Å²) in [5.41, 5.74) is 3.19. The zero-order valence-electron chi connectivity index (χ0n) is 15.4. The predicted octanol–water partition coefficient (Wildman–Crippen LogP) is 3.69. The summed E-state index contributed by atoms with van der Waals surface area (Å²) >= 11 is 0. The topological polar surface area (TPSA) is 50.4 Å². The minimum atomic E-state index is -0.168. The fourth-order valence-electron chi connectivity index (χ4n) is 2.96. The van der Waals surface area contributed by atoms with Gasteiger partial charge in [0.25, 0.3) is 0 Å². The molecule has 0 bridgehead atoms. The molecule has 0 fully saturated rings. The third-order valence-electron chi connectivity index (χ3n) is 4.32. The number of amides is 1. The molecule has 0 heterocycles. The summed E-state index contributed by atoms with van der Waals surface area (Å²) in [6.45, 7) is 0.847. The van der Waals surface area contributed by atoms with Crippen LogP contribution in [0.15, 0.2) is 84.9 Å². The Balaban J connectivity index is 1.61. The molecule has 0 radical (unpaired) electrons. The Kier molecular flexibility index (Phi) is 6.61. The lowest BCUT2D eigenvalue weighted by atomic mass is 9.99. The van der Waals surface area contributed by atoms with Gasteiger partial charge in [0.05, 0.1) is 19.7 Å². The molecule has 3 aromatic carbocycles. The van der Waals surface area contributed by atoms with Gasteiger partial charge >= 0.3 is 0 Å². The van der Waals surface area contributed by atoms with Gasteiger partial charge in [0.1, 0.15) is 5.75 Å². The van der Waals surface area contributed by atoms with Gasteiger partial charge in [0.2, 0.25) is 5.91 Å². The Labute approximate surface area is 160 Å². The van der Waals surface area contributed by atoms with Crippen molar-refractivity contribution in [1.82, 2.24) is 10.6 Å². The molecule has 138 valence electrons. The van der Waals surface area contributed by atoms with Gasteiger partial charge in [-0.05, 0) is 28.8 Å². The van der Waals surface area contributed by atoms with E-state index < -0.39 is 0 Å². The van der Waals surface area contributed by atoms with Crippen LogP contribution < -0.4 is 15.4 Å². The first kappa shape index (κ1) is 18.7. The van der Waals surface area contributed by atoms with E-state index in [2.05, 4.69) is 10.6 Å². The van der Waals surface area contributed by atoms with E-state index in [1.54, 1.807) is 7.11 Å². The lowest BCUT2D eigenvalue weighted by Gasteiger charge is -2.20. The molecule has 0 unspecified atom stereocenters. The third kappa shape index (κ3) is 5.43. The van der Waals surface area contributed by atoms with Crippen molar-refractivity contribution in [2.75, 3.05) is 13.7 Å². The van der Waals surface area contributed by atoms with E-state index in [9.17, 15) is 4.79 Å². The highest BCUT2D eigenvalue weighted by molar-refractivity contribution is 5.79. The van der Waals surface area contributed by atoms with Crippen molar-refractivity contribution in [2.45, 2.75) is 12.6 Å². The number of nitrogens with one attached hydrogen (secondary N) is 2. The van der Waals surface area contributed by atoms with Crippen molar-refractivity contribution in [1.29, 1.82) is 0 Å². The van der Waals surface area contributed by atoms with Crippen molar-refractivity contribution < 1.29 is 9.53 Å². The lowest BCUT2D eigenvalue weighted by Crippen LogP contribution is -2.36. The van der Waals surface area contributed by atoms with E-state index in [0.29, 0.717) is 6.54 Å². The summed E-state index contributed by atoms with van der Waals surface area (Å²) in [5.74, 6) is 0.766. The normalized spacial score (nSPS) is 10.6. The number of hydrogen-bond acceptors (Lipinski definition) is 3. The van der Waals surface area contributed by atoms with Crippen LogP contribution in [0, 0.1) is 0 Å². The summed E-state index contributed by atoms with van der Waals surface area (Å²) in [7, 11) is 1.65. The number of hydrogen-bond donors (Lipinski definition) is 2. The number of benzene rings is 3. The molecule has 0 saturated carbocycles. The molecule has 0 atom stereocenters. The van der Waals surface area contributed by atoms with Gasteiger partial charge in [-0.3, -0.25) is 4.79 Å². The molecule has 0 aliphatic heterocycles. The molecule has 4 heteroatoms. The quantitative estimate of drug-likeness (QED) is 0.644. The average molecular weight is 360 g/mol. The van der Waals surface area contributed by atoms with Crippen LogP contribution >= 0.6 is 0 Å². The SMILES string of the molecule is COc1cccc(CNCC(=O)NC(c2ccccc2)c2ccccc2)c1. The number of methoxy groups -OCH3 is 1. The molecule has 1 amide bonds. The Morgan fingerprint density at radius 2 is 1.52 bits per heavy atom. The second-order valence-electron chi connectivity index (χ2n) is 6.28. The van der Waals surface area contributed by atoms with E-state index in [-0.39, 0.29) is 18.5 Å². The van der Waals surface area contributed by atoms with Gasteiger partial charge in [-0.1, -0.05) is 72.8 Å². The van der Waals surface area contributed by atoms with E-state index in [1.165, 1.54) is 0 Å². The molecular formula is C23H24N2O2. The highest BCUT2D eigenvalue weighted by Crippen LogP contribution is 2.21. The van der Waals surface area contributed by atoms with Crippen molar-refractivity contribution in [3.8, 4) is 5.75 Å². The highest BCUT2D eigenvalue weighted by Gasteiger charge is 2.16. The number of carbonyl (C=O) groups excluding carboxylic acids is 1. The maximum atomic E-state index is 12.5. The van der Waals surface area contributed by atoms with Gasteiger partial charge in [-0.25, -0.2) is 0 Å². The van der Waals surface area contributed by atoms with Crippen molar-refractivity contribution >= 4 is 5.91 Å². The molecule has 0 saturated heterocycles. The number of carbonyl (C=O) groups is 1. The molecular weight excluding hydrogens is 336 g/mol. The van der Waals surface area contributed by atoms with Crippen LogP contribution in [0.1, 0.15) is 22.7 Å². The van der Waals surface area contributed by atoms with Crippen molar-refractivity contribution in [3.63, 3.8) is 0 Å². The van der Waals surface area contributed by atoms with Crippen LogP contribution in [0.3, 0.4) is 0 Å². The Morgan fingerprint density at radius 1 is 0.889 bits per heavy atom. The van der Waals surface area contributed by atoms with Crippen LogP contribution in [0.4, 0.5) is 0 Å². The maximum absolute atomic E-state index is 12.5. The zero-order valence-corrected chi connectivity index (χ0v) is 15.4. The standard InChI is InChI=1S/C23H24N2O2/c1-27-21-14-8-9-18(15-21)16-24-17-22(26)25-23(19-10-4-2-5-11-19)20-12-6-3-7-13-20/h2-15,23-24H,16-17H2,1H3,(H,25,26). The summed E-state index contributed by atoms with van der Waals surface area (Å²) in [5, 5.41) is 6.33. The van der Waals surface area contributed by atoms with Crippen LogP contribution in [-0.2, 0) is 11.3 Å². The summed E-state index contributed by atoms with van der Waals surface area (Å²) in [6.07, 6.45) is 0. The first-order chi connectivity index (χ1) is 13.3. The van der Waals surface area contributed by atoms with Gasteiger partial charge in [-0.15, -0.1) is 0 Å². The molecule has 0 aliphatic rings. The highest BCUT2D eigenvalue weighted by atomic mass is 16.5. The number of ether oxygens (including phenoxy) is 1. The minimum absolute atomic E-state index is 0.0457. The monoisotopic (exact) mass is 360 g/mol. The van der Waals surface area contributed by atoms with E-state index in [0.717, 1.165) is 22.4 Å².